The zero-order valence-electron chi connectivity index (χ0n) is 9.62. The van der Waals surface area contributed by atoms with Crippen LogP contribution in [0.4, 0.5) is 0 Å². The van der Waals surface area contributed by atoms with Crippen LogP contribution in [0, 0.1) is 0 Å². The third kappa shape index (κ3) is 7.23. The van der Waals surface area contributed by atoms with Crippen molar-refractivity contribution in [2.45, 2.75) is 23.5 Å². The first-order valence-electron chi connectivity index (χ1n) is 5.02. The number of aromatic nitrogens is 1. The third-order valence-corrected chi connectivity index (χ3v) is 3.90. The number of hydrogen-bond acceptors (Lipinski definition) is 3. The highest BCUT2D eigenvalue weighted by Crippen LogP contribution is 2.27. The second kappa shape index (κ2) is 6.36. The fourth-order valence-electron chi connectivity index (χ4n) is 1.04. The number of hydrogen-bond donors (Lipinski definition) is 0. The smallest absolute Gasteiger partial charge is 0.332 e. The maximum atomic E-state index is 5.71. The summed E-state index contributed by atoms with van der Waals surface area (Å²) in [4.78, 5) is 4.00. The second-order valence-corrected chi connectivity index (χ2v) is 9.85. The Kier molecular flexibility index (Phi) is 5.69. The minimum absolute atomic E-state index is 0.0317. The Hall–Kier alpha value is 0.157. The summed E-state index contributed by atoms with van der Waals surface area (Å²) in [6, 6.07) is 3.79. The lowest BCUT2D eigenvalue weighted by Crippen LogP contribution is -2.37. The predicted octanol–water partition coefficient (Wildman–Crippen LogP) is 3.69. The normalized spacial score (nSPS) is 12.8. The van der Waals surface area contributed by atoms with Gasteiger partial charge < -0.3 is 8.85 Å². The van der Waals surface area contributed by atoms with Gasteiger partial charge >= 0.3 is 8.56 Å². The first-order valence-corrected chi connectivity index (χ1v) is 8.97. The molecule has 1 aromatic rings. The molecule has 0 spiro atoms. The summed E-state index contributed by atoms with van der Waals surface area (Å²) in [5.41, 5.74) is 0.991. The summed E-state index contributed by atoms with van der Waals surface area (Å²) in [5.74, 6) is 0. The molecule has 0 unspecified atom stereocenters. The molecular weight excluding hydrogens is 301 g/mol. The van der Waals surface area contributed by atoms with Gasteiger partial charge in [0, 0.05) is 12.4 Å². The summed E-state index contributed by atoms with van der Waals surface area (Å²) in [6.45, 7) is 4.29. The standard InChI is InChI=1S/C10H14Cl3NO2Si/c1-17(2,16-8-10(11,12)13)15-7-9-4-3-5-14-6-9/h3-6H,7-8H2,1-2H3. The van der Waals surface area contributed by atoms with Gasteiger partial charge in [-0.15, -0.1) is 0 Å². The first kappa shape index (κ1) is 15.2. The maximum Gasteiger partial charge on any atom is 0.332 e. The molecule has 0 atom stereocenters. The molecule has 0 saturated carbocycles. The van der Waals surface area contributed by atoms with E-state index in [0.717, 1.165) is 5.56 Å². The van der Waals surface area contributed by atoms with Gasteiger partial charge in [-0.2, -0.15) is 0 Å². The van der Waals surface area contributed by atoms with E-state index in [2.05, 4.69) is 4.98 Å². The zero-order chi connectivity index (χ0) is 12.9. The molecule has 1 rings (SSSR count). The summed E-state index contributed by atoms with van der Waals surface area (Å²) in [7, 11) is -2.28. The van der Waals surface area contributed by atoms with Crippen molar-refractivity contribution in [2.75, 3.05) is 6.61 Å². The minimum atomic E-state index is -2.28. The van der Waals surface area contributed by atoms with Gasteiger partial charge in [-0.05, 0) is 24.7 Å². The van der Waals surface area contributed by atoms with Gasteiger partial charge in [0.05, 0.1) is 13.2 Å². The third-order valence-electron chi connectivity index (χ3n) is 1.89. The molecule has 3 nitrogen and oxygen atoms in total. The largest absolute Gasteiger partial charge is 0.390 e. The molecule has 1 heterocycles. The van der Waals surface area contributed by atoms with Gasteiger partial charge in [-0.25, -0.2) is 0 Å². The van der Waals surface area contributed by atoms with E-state index in [1.807, 2.05) is 25.2 Å². The number of halogens is 3. The van der Waals surface area contributed by atoms with Crippen molar-refractivity contribution < 1.29 is 8.85 Å². The molecule has 0 bridgehead atoms. The number of nitrogens with zero attached hydrogens (tertiary/aromatic N) is 1. The van der Waals surface area contributed by atoms with Gasteiger partial charge in [0.1, 0.15) is 0 Å². The van der Waals surface area contributed by atoms with Crippen LogP contribution in [-0.4, -0.2) is 23.9 Å². The summed E-state index contributed by atoms with van der Waals surface area (Å²) in [6.07, 6.45) is 3.46. The lowest BCUT2D eigenvalue weighted by Gasteiger charge is -2.24. The van der Waals surface area contributed by atoms with Gasteiger partial charge in [-0.1, -0.05) is 40.9 Å². The molecule has 7 heteroatoms. The highest BCUT2D eigenvalue weighted by atomic mass is 35.6. The second-order valence-electron chi connectivity index (χ2n) is 3.95. The van der Waals surface area contributed by atoms with Crippen LogP contribution >= 0.6 is 34.8 Å². The van der Waals surface area contributed by atoms with Crippen molar-refractivity contribution in [1.82, 2.24) is 4.98 Å². The Labute approximate surface area is 117 Å². The van der Waals surface area contributed by atoms with Crippen LogP contribution in [-0.2, 0) is 15.5 Å². The van der Waals surface area contributed by atoms with E-state index in [-0.39, 0.29) is 6.61 Å². The summed E-state index contributed by atoms with van der Waals surface area (Å²) in [5, 5.41) is 0. The molecule has 0 fully saturated rings. The van der Waals surface area contributed by atoms with Crippen molar-refractivity contribution in [3.8, 4) is 0 Å². The average molecular weight is 315 g/mol. The van der Waals surface area contributed by atoms with Crippen LogP contribution < -0.4 is 0 Å². The van der Waals surface area contributed by atoms with Gasteiger partial charge in [-0.3, -0.25) is 4.98 Å². The predicted molar refractivity (Wildman–Crippen MR) is 72.8 cm³/mol. The molecule has 0 aromatic carbocycles. The molecule has 17 heavy (non-hydrogen) atoms. The fraction of sp³-hybridized carbons (Fsp3) is 0.500. The Bertz CT molecular complexity index is 343. The van der Waals surface area contributed by atoms with Gasteiger partial charge in [0.2, 0.25) is 3.79 Å². The molecule has 0 amide bonds. The monoisotopic (exact) mass is 313 g/mol. The van der Waals surface area contributed by atoms with Crippen molar-refractivity contribution in [1.29, 1.82) is 0 Å². The van der Waals surface area contributed by atoms with Crippen LogP contribution in [0.3, 0.4) is 0 Å². The number of rotatable bonds is 5. The number of alkyl halides is 3. The Morgan fingerprint density at radius 2 is 2.00 bits per heavy atom. The first-order chi connectivity index (χ1) is 7.79. The molecule has 0 N–H and O–H groups in total. The molecule has 0 saturated heterocycles. The molecule has 0 radical (unpaired) electrons. The van der Waals surface area contributed by atoms with Crippen molar-refractivity contribution in [2.24, 2.45) is 0 Å². The lowest BCUT2D eigenvalue weighted by molar-refractivity contribution is 0.174. The number of pyridine rings is 1. The van der Waals surface area contributed by atoms with E-state index in [9.17, 15) is 0 Å². The molecular formula is C10H14Cl3NO2Si. The van der Waals surface area contributed by atoms with E-state index < -0.39 is 12.4 Å². The van der Waals surface area contributed by atoms with Gasteiger partial charge in [0.15, 0.2) is 0 Å². The van der Waals surface area contributed by atoms with Crippen LogP contribution in [0.5, 0.6) is 0 Å². The van der Waals surface area contributed by atoms with Crippen LogP contribution in [0.25, 0.3) is 0 Å². The topological polar surface area (TPSA) is 31.4 Å². The minimum Gasteiger partial charge on any atom is -0.390 e. The molecule has 1 aromatic heterocycles. The summed E-state index contributed by atoms with van der Waals surface area (Å²) >= 11 is 16.9. The quantitative estimate of drug-likeness (QED) is 0.613. The highest BCUT2D eigenvalue weighted by Gasteiger charge is 2.30. The SMILES string of the molecule is C[Si](C)(OCc1cccnc1)OCC(Cl)(Cl)Cl. The Balaban J connectivity index is 2.39. The van der Waals surface area contributed by atoms with Crippen LogP contribution in [0.1, 0.15) is 5.56 Å². The van der Waals surface area contributed by atoms with Crippen LogP contribution in [0.15, 0.2) is 24.5 Å². The van der Waals surface area contributed by atoms with Gasteiger partial charge in [0.25, 0.3) is 0 Å². The maximum absolute atomic E-state index is 5.71. The fourth-order valence-corrected chi connectivity index (χ4v) is 2.64. The molecule has 0 aliphatic rings. The average Bonchev–Trinajstić information content (AvgIpc) is 2.25. The van der Waals surface area contributed by atoms with E-state index in [1.165, 1.54) is 0 Å². The van der Waals surface area contributed by atoms with Crippen molar-refractivity contribution in [3.63, 3.8) is 0 Å². The van der Waals surface area contributed by atoms with E-state index in [4.69, 9.17) is 43.7 Å². The summed E-state index contributed by atoms with van der Waals surface area (Å²) < 4.78 is 9.83. The zero-order valence-corrected chi connectivity index (χ0v) is 12.9. The molecule has 96 valence electrons. The highest BCUT2D eigenvalue weighted by molar-refractivity contribution is 6.68. The van der Waals surface area contributed by atoms with E-state index >= 15 is 0 Å². The van der Waals surface area contributed by atoms with Crippen molar-refractivity contribution >= 4 is 43.4 Å². The van der Waals surface area contributed by atoms with Crippen molar-refractivity contribution in [3.05, 3.63) is 30.1 Å². The van der Waals surface area contributed by atoms with E-state index in [1.54, 1.807) is 12.4 Å². The Morgan fingerprint density at radius 1 is 1.29 bits per heavy atom. The lowest BCUT2D eigenvalue weighted by atomic mass is 10.3. The molecule has 0 aliphatic heterocycles. The van der Waals surface area contributed by atoms with Crippen LogP contribution in [0.2, 0.25) is 13.1 Å². The van der Waals surface area contributed by atoms with E-state index in [0.29, 0.717) is 6.61 Å². The molecule has 0 aliphatic carbocycles. The Morgan fingerprint density at radius 3 is 2.53 bits per heavy atom.